The highest BCUT2D eigenvalue weighted by molar-refractivity contribution is 9.10. The summed E-state index contributed by atoms with van der Waals surface area (Å²) in [5, 5.41) is 2.74. The Morgan fingerprint density at radius 1 is 1.22 bits per heavy atom. The van der Waals surface area contributed by atoms with Crippen LogP contribution < -0.4 is 11.1 Å². The van der Waals surface area contributed by atoms with Crippen molar-refractivity contribution in [2.75, 3.05) is 11.1 Å². The summed E-state index contributed by atoms with van der Waals surface area (Å²) in [7, 11) is 0. The smallest absolute Gasteiger partial charge is 0.255 e. The molecule has 0 aliphatic heterocycles. The number of anilines is 2. The zero-order chi connectivity index (χ0) is 13.1. The van der Waals surface area contributed by atoms with Crippen molar-refractivity contribution in [1.29, 1.82) is 0 Å². The van der Waals surface area contributed by atoms with E-state index in [0.717, 1.165) is 4.47 Å². The van der Waals surface area contributed by atoms with E-state index in [2.05, 4.69) is 42.2 Å². The first-order valence-corrected chi connectivity index (χ1v) is 6.62. The van der Waals surface area contributed by atoms with Crippen LogP contribution in [0, 0.1) is 0 Å². The maximum Gasteiger partial charge on any atom is 0.255 e. The van der Waals surface area contributed by atoms with Crippen molar-refractivity contribution < 1.29 is 4.79 Å². The van der Waals surface area contributed by atoms with Crippen LogP contribution in [0.1, 0.15) is 10.4 Å². The number of carbonyl (C=O) groups is 1. The molecule has 4 nitrogen and oxygen atoms in total. The molecule has 2 rings (SSSR count). The van der Waals surface area contributed by atoms with Crippen LogP contribution in [0.5, 0.6) is 0 Å². The third-order valence-electron chi connectivity index (χ3n) is 2.17. The van der Waals surface area contributed by atoms with Gasteiger partial charge in [-0.3, -0.25) is 4.79 Å². The van der Waals surface area contributed by atoms with E-state index in [4.69, 9.17) is 5.73 Å². The first-order chi connectivity index (χ1) is 8.54. The van der Waals surface area contributed by atoms with Gasteiger partial charge in [-0.2, -0.15) is 0 Å². The van der Waals surface area contributed by atoms with Gasteiger partial charge in [0.15, 0.2) is 0 Å². The van der Waals surface area contributed by atoms with Gasteiger partial charge in [0.05, 0.1) is 11.9 Å². The molecule has 1 aromatic heterocycles. The number of nitrogens with two attached hydrogens (primary N) is 1. The number of aromatic nitrogens is 1. The van der Waals surface area contributed by atoms with E-state index in [1.165, 1.54) is 0 Å². The first kappa shape index (κ1) is 13.0. The van der Waals surface area contributed by atoms with Crippen LogP contribution in [0.4, 0.5) is 11.4 Å². The molecule has 0 aliphatic rings. The second-order valence-corrected chi connectivity index (χ2v) is 5.33. The van der Waals surface area contributed by atoms with Crippen LogP contribution in [0.2, 0.25) is 0 Å². The summed E-state index contributed by atoms with van der Waals surface area (Å²) >= 11 is 6.53. The number of nitrogens with zero attached hydrogens (tertiary/aromatic N) is 1. The molecule has 0 unspecified atom stereocenters. The highest BCUT2D eigenvalue weighted by Crippen LogP contribution is 2.18. The van der Waals surface area contributed by atoms with Crippen LogP contribution in [0.3, 0.4) is 0 Å². The van der Waals surface area contributed by atoms with Gasteiger partial charge in [-0.15, -0.1) is 0 Å². The summed E-state index contributed by atoms with van der Waals surface area (Å²) < 4.78 is 1.48. The largest absolute Gasteiger partial charge is 0.399 e. The Labute approximate surface area is 121 Å². The van der Waals surface area contributed by atoms with Crippen molar-refractivity contribution in [3.05, 3.63) is 51.2 Å². The lowest BCUT2D eigenvalue weighted by molar-refractivity contribution is 0.102. The van der Waals surface area contributed by atoms with Crippen LogP contribution >= 0.6 is 31.9 Å². The summed E-state index contributed by atoms with van der Waals surface area (Å²) in [6, 6.07) is 8.57. The van der Waals surface area contributed by atoms with Crippen molar-refractivity contribution in [2.24, 2.45) is 0 Å². The number of nitrogen functional groups attached to an aromatic ring is 1. The number of benzene rings is 1. The normalized spacial score (nSPS) is 10.1. The Morgan fingerprint density at radius 2 is 2.00 bits per heavy atom. The molecule has 0 radical (unpaired) electrons. The van der Waals surface area contributed by atoms with Crippen molar-refractivity contribution in [1.82, 2.24) is 4.98 Å². The van der Waals surface area contributed by atoms with E-state index in [9.17, 15) is 4.79 Å². The molecular weight excluding hydrogens is 362 g/mol. The van der Waals surface area contributed by atoms with Gasteiger partial charge in [-0.05, 0) is 46.3 Å². The summed E-state index contributed by atoms with van der Waals surface area (Å²) in [5.41, 5.74) is 7.33. The molecule has 0 spiro atoms. The lowest BCUT2D eigenvalue weighted by Gasteiger charge is -2.06. The molecule has 92 valence electrons. The van der Waals surface area contributed by atoms with Crippen LogP contribution in [-0.4, -0.2) is 10.9 Å². The number of rotatable bonds is 2. The minimum atomic E-state index is -0.230. The number of carbonyl (C=O) groups excluding carboxylic acids is 1. The molecular formula is C12H9Br2N3O. The second kappa shape index (κ2) is 5.49. The zero-order valence-corrected chi connectivity index (χ0v) is 12.3. The molecule has 6 heteroatoms. The van der Waals surface area contributed by atoms with Gasteiger partial charge < -0.3 is 11.1 Å². The van der Waals surface area contributed by atoms with Crippen molar-refractivity contribution in [3.63, 3.8) is 0 Å². The predicted molar refractivity (Wildman–Crippen MR) is 78.4 cm³/mol. The molecule has 0 atom stereocenters. The maximum atomic E-state index is 12.0. The minimum absolute atomic E-state index is 0.230. The van der Waals surface area contributed by atoms with Crippen LogP contribution in [-0.2, 0) is 0 Å². The number of hydrogen-bond acceptors (Lipinski definition) is 3. The summed E-state index contributed by atoms with van der Waals surface area (Å²) in [5.74, 6) is -0.230. The van der Waals surface area contributed by atoms with Crippen molar-refractivity contribution >= 4 is 49.1 Å². The first-order valence-electron chi connectivity index (χ1n) is 5.03. The fourth-order valence-corrected chi connectivity index (χ4v) is 2.14. The number of hydrogen-bond donors (Lipinski definition) is 2. The van der Waals surface area contributed by atoms with E-state index < -0.39 is 0 Å². The van der Waals surface area contributed by atoms with Crippen molar-refractivity contribution in [3.8, 4) is 0 Å². The lowest BCUT2D eigenvalue weighted by Crippen LogP contribution is -2.12. The van der Waals surface area contributed by atoms with Crippen LogP contribution in [0.15, 0.2) is 45.6 Å². The van der Waals surface area contributed by atoms with Gasteiger partial charge in [0.25, 0.3) is 5.91 Å². The Hall–Kier alpha value is -1.40. The standard InChI is InChI=1S/C12H9Br2N3O/c13-8-3-7(4-9(15)5-8)12(18)17-10-1-2-11(14)16-6-10/h1-6H,15H2,(H,17,18). The van der Waals surface area contributed by atoms with E-state index in [0.29, 0.717) is 21.5 Å². The van der Waals surface area contributed by atoms with Gasteiger partial charge in [-0.25, -0.2) is 4.98 Å². The molecule has 0 saturated carbocycles. The average Bonchev–Trinajstić information content (AvgIpc) is 2.31. The van der Waals surface area contributed by atoms with Crippen LogP contribution in [0.25, 0.3) is 0 Å². The molecule has 18 heavy (non-hydrogen) atoms. The topological polar surface area (TPSA) is 68.0 Å². The summed E-state index contributed by atoms with van der Waals surface area (Å²) in [4.78, 5) is 16.0. The van der Waals surface area contributed by atoms with E-state index in [1.54, 1.807) is 36.5 Å². The quantitative estimate of drug-likeness (QED) is 0.628. The third-order valence-corrected chi connectivity index (χ3v) is 3.09. The molecule has 1 aromatic carbocycles. The van der Waals surface area contributed by atoms with Gasteiger partial charge in [0.1, 0.15) is 4.60 Å². The monoisotopic (exact) mass is 369 g/mol. The van der Waals surface area contributed by atoms with Gasteiger partial charge in [-0.1, -0.05) is 15.9 Å². The number of pyridine rings is 1. The molecule has 1 heterocycles. The minimum Gasteiger partial charge on any atom is -0.399 e. The predicted octanol–water partition coefficient (Wildman–Crippen LogP) is 3.44. The molecule has 0 saturated heterocycles. The lowest BCUT2D eigenvalue weighted by atomic mass is 10.2. The van der Waals surface area contributed by atoms with E-state index in [-0.39, 0.29) is 5.91 Å². The zero-order valence-electron chi connectivity index (χ0n) is 9.15. The Bertz CT molecular complexity index is 564. The summed E-state index contributed by atoms with van der Waals surface area (Å²) in [6.07, 6.45) is 1.57. The van der Waals surface area contributed by atoms with Crippen molar-refractivity contribution in [2.45, 2.75) is 0 Å². The highest BCUT2D eigenvalue weighted by Gasteiger charge is 2.08. The Kier molecular flexibility index (Phi) is 3.98. The molecule has 0 bridgehead atoms. The molecule has 0 aliphatic carbocycles. The van der Waals surface area contributed by atoms with E-state index >= 15 is 0 Å². The Balaban J connectivity index is 2.19. The second-order valence-electron chi connectivity index (χ2n) is 3.60. The number of halogens is 2. The number of amides is 1. The molecule has 2 aromatic rings. The third kappa shape index (κ3) is 3.30. The van der Waals surface area contributed by atoms with Gasteiger partial charge in [0.2, 0.25) is 0 Å². The number of nitrogens with one attached hydrogen (secondary N) is 1. The molecule has 1 amide bonds. The fraction of sp³-hybridized carbons (Fsp3) is 0. The van der Waals surface area contributed by atoms with Gasteiger partial charge in [0, 0.05) is 15.7 Å². The highest BCUT2D eigenvalue weighted by atomic mass is 79.9. The summed E-state index contributed by atoms with van der Waals surface area (Å²) in [6.45, 7) is 0. The Morgan fingerprint density at radius 3 is 2.61 bits per heavy atom. The van der Waals surface area contributed by atoms with Gasteiger partial charge >= 0.3 is 0 Å². The van der Waals surface area contributed by atoms with E-state index in [1.807, 2.05) is 0 Å². The molecule has 3 N–H and O–H groups in total. The fourth-order valence-electron chi connectivity index (χ4n) is 1.40. The molecule has 0 fully saturated rings. The maximum absolute atomic E-state index is 12.0. The SMILES string of the molecule is Nc1cc(Br)cc(C(=O)Nc2ccc(Br)nc2)c1. The average molecular weight is 371 g/mol.